The van der Waals surface area contributed by atoms with Gasteiger partial charge in [-0.1, -0.05) is 6.07 Å². The van der Waals surface area contributed by atoms with Crippen molar-refractivity contribution in [3.8, 4) is 5.75 Å². The third kappa shape index (κ3) is 2.05. The molecule has 0 spiro atoms. The number of benzene rings is 1. The van der Waals surface area contributed by atoms with Crippen molar-refractivity contribution in [2.45, 2.75) is 38.5 Å². The summed E-state index contributed by atoms with van der Waals surface area (Å²) in [6.07, 6.45) is 7.30. The number of phenolic OH excluding ortho intramolecular Hbond substituents is 1. The first-order chi connectivity index (χ1) is 10.1. The smallest absolute Gasteiger partial charge is 0.232 e. The lowest BCUT2D eigenvalue weighted by molar-refractivity contribution is -0.143. The Hall–Kier alpha value is -1.51. The monoisotopic (exact) mass is 285 g/mol. The third-order valence-electron chi connectivity index (χ3n) is 6.01. The molecular formula is C18H23NO2. The van der Waals surface area contributed by atoms with Crippen molar-refractivity contribution in [3.05, 3.63) is 24.3 Å². The van der Waals surface area contributed by atoms with Crippen molar-refractivity contribution in [1.82, 2.24) is 0 Å². The highest BCUT2D eigenvalue weighted by atomic mass is 16.3. The van der Waals surface area contributed by atoms with Crippen molar-refractivity contribution in [2.75, 3.05) is 11.9 Å². The molecule has 0 unspecified atom stereocenters. The number of amides is 1. The number of carbonyl (C=O) groups is 1. The van der Waals surface area contributed by atoms with E-state index in [1.54, 1.807) is 23.1 Å². The minimum absolute atomic E-state index is 0.116. The number of phenols is 1. The Kier molecular flexibility index (Phi) is 2.82. The van der Waals surface area contributed by atoms with Crippen molar-refractivity contribution in [2.24, 2.45) is 23.2 Å². The summed E-state index contributed by atoms with van der Waals surface area (Å²) in [5.41, 5.74) is 0.686. The topological polar surface area (TPSA) is 40.5 Å². The second-order valence-corrected chi connectivity index (χ2v) is 7.58. The lowest BCUT2D eigenvalue weighted by atomic mass is 9.49. The molecule has 0 aromatic heterocycles. The normalized spacial score (nSPS) is 36.7. The molecule has 0 radical (unpaired) electrons. The van der Waals surface area contributed by atoms with Gasteiger partial charge >= 0.3 is 0 Å². The van der Waals surface area contributed by atoms with Crippen molar-refractivity contribution >= 4 is 11.6 Å². The van der Waals surface area contributed by atoms with E-state index >= 15 is 0 Å². The number of carbonyl (C=O) groups excluding carboxylic acids is 1. The molecule has 0 aliphatic heterocycles. The second kappa shape index (κ2) is 4.49. The Morgan fingerprint density at radius 1 is 1.14 bits per heavy atom. The molecule has 4 aliphatic rings. The molecule has 4 bridgehead atoms. The lowest BCUT2D eigenvalue weighted by Gasteiger charge is -2.56. The van der Waals surface area contributed by atoms with Gasteiger partial charge in [-0.05, 0) is 68.4 Å². The molecule has 0 atom stereocenters. The molecule has 21 heavy (non-hydrogen) atoms. The summed E-state index contributed by atoms with van der Waals surface area (Å²) in [5, 5.41) is 9.64. The second-order valence-electron chi connectivity index (χ2n) is 7.58. The fraction of sp³-hybridized carbons (Fsp3) is 0.611. The van der Waals surface area contributed by atoms with E-state index in [0.717, 1.165) is 42.7 Å². The van der Waals surface area contributed by atoms with Crippen LogP contribution in [-0.4, -0.2) is 18.1 Å². The molecule has 1 aromatic carbocycles. The lowest BCUT2D eigenvalue weighted by Crippen LogP contribution is -2.54. The number of rotatable bonds is 2. The summed E-state index contributed by atoms with van der Waals surface area (Å²) < 4.78 is 0. The zero-order chi connectivity index (χ0) is 14.6. The summed E-state index contributed by atoms with van der Waals surface area (Å²) in [6, 6.07) is 7.03. The zero-order valence-corrected chi connectivity index (χ0v) is 12.6. The minimum Gasteiger partial charge on any atom is -0.508 e. The van der Waals surface area contributed by atoms with Crippen molar-refractivity contribution in [3.63, 3.8) is 0 Å². The number of hydrogen-bond donors (Lipinski definition) is 1. The molecule has 3 heteroatoms. The van der Waals surface area contributed by atoms with Crippen LogP contribution in [0.1, 0.15) is 38.5 Å². The summed E-state index contributed by atoms with van der Waals surface area (Å²) in [7, 11) is 1.86. The molecule has 1 amide bonds. The van der Waals surface area contributed by atoms with Gasteiger partial charge in [0.2, 0.25) is 5.91 Å². The molecule has 4 saturated carbocycles. The maximum atomic E-state index is 13.2. The van der Waals surface area contributed by atoms with E-state index in [-0.39, 0.29) is 17.1 Å². The van der Waals surface area contributed by atoms with Gasteiger partial charge in [-0.25, -0.2) is 0 Å². The Labute approximate surface area is 126 Å². The standard InChI is InChI=1S/C18H23NO2/c1-19(15-3-2-4-16(20)8-15)17(21)18-9-12-5-13(10-18)7-14(6-12)11-18/h2-4,8,12-14,20H,5-7,9-11H2,1H3. The predicted octanol–water partition coefficient (Wildman–Crippen LogP) is 3.57. The van der Waals surface area contributed by atoms with Crippen LogP contribution in [0.2, 0.25) is 0 Å². The predicted molar refractivity (Wildman–Crippen MR) is 82.1 cm³/mol. The number of nitrogens with zero attached hydrogens (tertiary/aromatic N) is 1. The summed E-state index contributed by atoms with van der Waals surface area (Å²) >= 11 is 0. The summed E-state index contributed by atoms with van der Waals surface area (Å²) in [6.45, 7) is 0. The van der Waals surface area contributed by atoms with Crippen LogP contribution in [0.15, 0.2) is 24.3 Å². The van der Waals surface area contributed by atoms with Crippen LogP contribution in [0, 0.1) is 23.2 Å². The van der Waals surface area contributed by atoms with Gasteiger partial charge in [0.1, 0.15) is 5.75 Å². The van der Waals surface area contributed by atoms with Gasteiger partial charge in [0, 0.05) is 18.8 Å². The summed E-state index contributed by atoms with van der Waals surface area (Å²) in [5.74, 6) is 2.82. The fourth-order valence-electron chi connectivity index (χ4n) is 5.55. The molecule has 1 N–H and O–H groups in total. The van der Waals surface area contributed by atoms with Crippen LogP contribution in [0.25, 0.3) is 0 Å². The van der Waals surface area contributed by atoms with Gasteiger partial charge in [0.05, 0.1) is 5.41 Å². The van der Waals surface area contributed by atoms with Crippen molar-refractivity contribution in [1.29, 1.82) is 0 Å². The molecule has 4 fully saturated rings. The van der Waals surface area contributed by atoms with E-state index in [1.165, 1.54) is 19.3 Å². The number of aromatic hydroxyl groups is 1. The first-order valence-electron chi connectivity index (χ1n) is 8.13. The van der Waals surface area contributed by atoms with E-state index in [1.807, 2.05) is 13.1 Å². The Morgan fingerprint density at radius 2 is 1.71 bits per heavy atom. The molecule has 5 rings (SSSR count). The number of anilines is 1. The third-order valence-corrected chi connectivity index (χ3v) is 6.01. The van der Waals surface area contributed by atoms with Crippen LogP contribution in [0.5, 0.6) is 5.75 Å². The SMILES string of the molecule is CN(C(=O)C12CC3CC(CC(C3)C1)C2)c1cccc(O)c1. The first-order valence-corrected chi connectivity index (χ1v) is 8.13. The highest BCUT2D eigenvalue weighted by Crippen LogP contribution is 2.60. The van der Waals surface area contributed by atoms with Gasteiger partial charge in [-0.2, -0.15) is 0 Å². The molecule has 0 saturated heterocycles. The van der Waals surface area contributed by atoms with E-state index in [9.17, 15) is 9.90 Å². The highest BCUT2D eigenvalue weighted by molar-refractivity contribution is 5.97. The van der Waals surface area contributed by atoms with Crippen LogP contribution in [0.4, 0.5) is 5.69 Å². The quantitative estimate of drug-likeness (QED) is 0.902. The van der Waals surface area contributed by atoms with Gasteiger partial charge in [-0.3, -0.25) is 4.79 Å². The number of hydrogen-bond acceptors (Lipinski definition) is 2. The molecule has 0 heterocycles. The van der Waals surface area contributed by atoms with E-state index in [2.05, 4.69) is 0 Å². The molecule has 1 aromatic rings. The Bertz CT molecular complexity index is 545. The molecule has 3 nitrogen and oxygen atoms in total. The Balaban J connectivity index is 1.62. The van der Waals surface area contributed by atoms with E-state index < -0.39 is 0 Å². The van der Waals surface area contributed by atoms with E-state index in [0.29, 0.717) is 0 Å². The van der Waals surface area contributed by atoms with Crippen LogP contribution < -0.4 is 4.90 Å². The van der Waals surface area contributed by atoms with Crippen LogP contribution in [-0.2, 0) is 4.79 Å². The van der Waals surface area contributed by atoms with E-state index in [4.69, 9.17) is 0 Å². The fourth-order valence-corrected chi connectivity index (χ4v) is 5.55. The maximum Gasteiger partial charge on any atom is 0.232 e. The van der Waals surface area contributed by atoms with Gasteiger partial charge in [0.25, 0.3) is 0 Å². The zero-order valence-electron chi connectivity index (χ0n) is 12.6. The maximum absolute atomic E-state index is 13.2. The minimum atomic E-state index is -0.116. The first kappa shape index (κ1) is 13.2. The average molecular weight is 285 g/mol. The molecular weight excluding hydrogens is 262 g/mol. The molecule has 4 aliphatic carbocycles. The average Bonchev–Trinajstić information content (AvgIpc) is 2.44. The van der Waals surface area contributed by atoms with Crippen LogP contribution in [0.3, 0.4) is 0 Å². The highest BCUT2D eigenvalue weighted by Gasteiger charge is 2.55. The van der Waals surface area contributed by atoms with Gasteiger partial charge in [-0.15, -0.1) is 0 Å². The largest absolute Gasteiger partial charge is 0.508 e. The van der Waals surface area contributed by atoms with Crippen molar-refractivity contribution < 1.29 is 9.90 Å². The van der Waals surface area contributed by atoms with Gasteiger partial charge < -0.3 is 10.0 Å². The molecule has 112 valence electrons. The Morgan fingerprint density at radius 3 is 2.24 bits per heavy atom. The summed E-state index contributed by atoms with van der Waals surface area (Å²) in [4.78, 5) is 14.9. The van der Waals surface area contributed by atoms with Gasteiger partial charge in [0.15, 0.2) is 0 Å². The van der Waals surface area contributed by atoms with Crippen LogP contribution >= 0.6 is 0 Å².